The summed E-state index contributed by atoms with van der Waals surface area (Å²) in [5.74, 6) is 1.50. The summed E-state index contributed by atoms with van der Waals surface area (Å²) in [5.41, 5.74) is 0. The molecule has 3 aromatic rings. The van der Waals surface area contributed by atoms with Crippen LogP contribution in [0.1, 0.15) is 18.2 Å². The van der Waals surface area contributed by atoms with Crippen molar-refractivity contribution in [1.82, 2.24) is 19.7 Å². The second kappa shape index (κ2) is 4.97. The van der Waals surface area contributed by atoms with Crippen molar-refractivity contribution in [1.29, 1.82) is 0 Å². The Hall–Kier alpha value is -1.95. The average Bonchev–Trinajstić information content (AvgIpc) is 3.03. The predicted molar refractivity (Wildman–Crippen MR) is 78.1 cm³/mol. The van der Waals surface area contributed by atoms with Crippen molar-refractivity contribution in [2.24, 2.45) is 0 Å². The van der Waals surface area contributed by atoms with Gasteiger partial charge in [-0.15, -0.1) is 11.3 Å². The standard InChI is InChI=1S/C13H15N5S/c1-3-5-14-13-16-11(18-7-4-6-15-18)10-8-9(2)19-12(10)17-13/h4,6-8H,3,5H2,1-2H3,(H,14,16,17). The molecule has 0 saturated carbocycles. The van der Waals surface area contributed by atoms with Crippen molar-refractivity contribution in [3.63, 3.8) is 0 Å². The van der Waals surface area contributed by atoms with Crippen LogP contribution >= 0.6 is 11.3 Å². The fourth-order valence-electron chi connectivity index (χ4n) is 1.91. The van der Waals surface area contributed by atoms with Crippen LogP contribution in [0.3, 0.4) is 0 Å². The fraction of sp³-hybridized carbons (Fsp3) is 0.308. The molecule has 0 unspecified atom stereocenters. The molecule has 6 heteroatoms. The van der Waals surface area contributed by atoms with E-state index < -0.39 is 0 Å². The number of anilines is 1. The molecule has 0 spiro atoms. The van der Waals surface area contributed by atoms with Gasteiger partial charge in [0.15, 0.2) is 5.82 Å². The molecule has 3 aromatic heterocycles. The summed E-state index contributed by atoms with van der Waals surface area (Å²) in [6, 6.07) is 4.01. The van der Waals surface area contributed by atoms with Gasteiger partial charge in [-0.1, -0.05) is 6.92 Å². The second-order valence-corrected chi connectivity index (χ2v) is 5.56. The molecule has 0 aliphatic rings. The third kappa shape index (κ3) is 2.31. The number of rotatable bonds is 4. The van der Waals surface area contributed by atoms with Gasteiger partial charge in [-0.2, -0.15) is 10.1 Å². The normalized spacial score (nSPS) is 11.1. The molecule has 0 bridgehead atoms. The van der Waals surface area contributed by atoms with E-state index in [-0.39, 0.29) is 0 Å². The largest absolute Gasteiger partial charge is 0.354 e. The molecule has 0 atom stereocenters. The number of hydrogen-bond donors (Lipinski definition) is 1. The molecule has 0 amide bonds. The van der Waals surface area contributed by atoms with Crippen molar-refractivity contribution in [3.05, 3.63) is 29.4 Å². The number of aromatic nitrogens is 4. The maximum Gasteiger partial charge on any atom is 0.226 e. The van der Waals surface area contributed by atoms with E-state index in [1.807, 2.05) is 12.3 Å². The van der Waals surface area contributed by atoms with Crippen LogP contribution < -0.4 is 5.32 Å². The summed E-state index contributed by atoms with van der Waals surface area (Å²) in [6.07, 6.45) is 4.70. The van der Waals surface area contributed by atoms with E-state index in [9.17, 15) is 0 Å². The highest BCUT2D eigenvalue weighted by molar-refractivity contribution is 7.18. The highest BCUT2D eigenvalue weighted by atomic mass is 32.1. The molecule has 0 aromatic carbocycles. The Morgan fingerprint density at radius 3 is 3.00 bits per heavy atom. The van der Waals surface area contributed by atoms with E-state index in [0.29, 0.717) is 5.95 Å². The summed E-state index contributed by atoms with van der Waals surface area (Å²) < 4.78 is 1.79. The number of fused-ring (bicyclic) bond motifs is 1. The third-order valence-electron chi connectivity index (χ3n) is 2.75. The molecule has 0 aliphatic heterocycles. The first-order chi connectivity index (χ1) is 9.28. The number of aryl methyl sites for hydroxylation is 1. The zero-order chi connectivity index (χ0) is 13.2. The van der Waals surface area contributed by atoms with Crippen LogP contribution in [0.15, 0.2) is 24.5 Å². The van der Waals surface area contributed by atoms with Gasteiger partial charge in [-0.05, 0) is 25.5 Å². The highest BCUT2D eigenvalue weighted by Gasteiger charge is 2.12. The van der Waals surface area contributed by atoms with Crippen molar-refractivity contribution in [2.75, 3.05) is 11.9 Å². The van der Waals surface area contributed by atoms with Crippen molar-refractivity contribution < 1.29 is 0 Å². The fourth-order valence-corrected chi connectivity index (χ4v) is 2.79. The zero-order valence-corrected chi connectivity index (χ0v) is 11.7. The van der Waals surface area contributed by atoms with Gasteiger partial charge in [0.25, 0.3) is 0 Å². The van der Waals surface area contributed by atoms with Gasteiger partial charge in [0.2, 0.25) is 5.95 Å². The minimum absolute atomic E-state index is 0.668. The molecule has 0 aliphatic carbocycles. The lowest BCUT2D eigenvalue weighted by molar-refractivity contribution is 0.848. The van der Waals surface area contributed by atoms with E-state index in [1.165, 1.54) is 4.88 Å². The Balaban J connectivity index is 2.16. The maximum atomic E-state index is 4.58. The van der Waals surface area contributed by atoms with Crippen LogP contribution in [-0.4, -0.2) is 26.3 Å². The SMILES string of the molecule is CCCNc1nc(-n2cccn2)c2cc(C)sc2n1. The Morgan fingerprint density at radius 1 is 1.37 bits per heavy atom. The molecule has 3 rings (SSSR count). The first-order valence-corrected chi connectivity index (χ1v) is 7.11. The Morgan fingerprint density at radius 2 is 2.26 bits per heavy atom. The van der Waals surface area contributed by atoms with Crippen LogP contribution in [-0.2, 0) is 0 Å². The van der Waals surface area contributed by atoms with Crippen molar-refractivity contribution in [2.45, 2.75) is 20.3 Å². The van der Waals surface area contributed by atoms with E-state index in [4.69, 9.17) is 0 Å². The van der Waals surface area contributed by atoms with Gasteiger partial charge in [0.1, 0.15) is 4.83 Å². The molecular weight excluding hydrogens is 258 g/mol. The van der Waals surface area contributed by atoms with Gasteiger partial charge in [0, 0.05) is 23.8 Å². The van der Waals surface area contributed by atoms with Gasteiger partial charge in [-0.3, -0.25) is 0 Å². The lowest BCUT2D eigenvalue weighted by Crippen LogP contribution is -2.07. The highest BCUT2D eigenvalue weighted by Crippen LogP contribution is 2.28. The van der Waals surface area contributed by atoms with Crippen LogP contribution in [0.25, 0.3) is 16.0 Å². The molecule has 5 nitrogen and oxygen atoms in total. The first kappa shape index (κ1) is 12.1. The van der Waals surface area contributed by atoms with Crippen LogP contribution in [0.5, 0.6) is 0 Å². The Labute approximate surface area is 115 Å². The number of hydrogen-bond acceptors (Lipinski definition) is 5. The Bertz CT molecular complexity index is 686. The first-order valence-electron chi connectivity index (χ1n) is 6.30. The van der Waals surface area contributed by atoms with Crippen LogP contribution in [0.2, 0.25) is 0 Å². The third-order valence-corrected chi connectivity index (χ3v) is 3.69. The quantitative estimate of drug-likeness (QED) is 0.794. The van der Waals surface area contributed by atoms with E-state index in [0.717, 1.165) is 29.0 Å². The zero-order valence-electron chi connectivity index (χ0n) is 10.9. The summed E-state index contributed by atoms with van der Waals surface area (Å²) in [4.78, 5) is 11.4. The number of nitrogens with one attached hydrogen (secondary N) is 1. The van der Waals surface area contributed by atoms with E-state index >= 15 is 0 Å². The molecular formula is C13H15N5S. The lowest BCUT2D eigenvalue weighted by Gasteiger charge is -2.07. The average molecular weight is 273 g/mol. The molecule has 0 fully saturated rings. The van der Waals surface area contributed by atoms with E-state index in [1.54, 1.807) is 22.2 Å². The number of thiophene rings is 1. The monoisotopic (exact) mass is 273 g/mol. The Kier molecular flexibility index (Phi) is 3.16. The molecule has 19 heavy (non-hydrogen) atoms. The summed E-state index contributed by atoms with van der Waals surface area (Å²) in [7, 11) is 0. The topological polar surface area (TPSA) is 55.6 Å². The number of nitrogens with zero attached hydrogens (tertiary/aromatic N) is 4. The minimum Gasteiger partial charge on any atom is -0.354 e. The van der Waals surface area contributed by atoms with Gasteiger partial charge in [0.05, 0.1) is 5.39 Å². The van der Waals surface area contributed by atoms with Gasteiger partial charge < -0.3 is 5.32 Å². The second-order valence-electron chi connectivity index (χ2n) is 4.32. The van der Waals surface area contributed by atoms with Crippen molar-refractivity contribution >= 4 is 27.5 Å². The van der Waals surface area contributed by atoms with Crippen molar-refractivity contribution in [3.8, 4) is 5.82 Å². The van der Waals surface area contributed by atoms with Crippen LogP contribution in [0.4, 0.5) is 5.95 Å². The lowest BCUT2D eigenvalue weighted by atomic mass is 10.3. The summed E-state index contributed by atoms with van der Waals surface area (Å²) in [5, 5.41) is 8.56. The van der Waals surface area contributed by atoms with Gasteiger partial charge in [-0.25, -0.2) is 9.67 Å². The smallest absolute Gasteiger partial charge is 0.226 e. The summed E-state index contributed by atoms with van der Waals surface area (Å²) >= 11 is 1.68. The molecule has 0 saturated heterocycles. The predicted octanol–water partition coefficient (Wildman–Crippen LogP) is 3.01. The molecule has 98 valence electrons. The van der Waals surface area contributed by atoms with E-state index in [2.05, 4.69) is 40.3 Å². The molecule has 0 radical (unpaired) electrons. The van der Waals surface area contributed by atoms with Crippen LogP contribution in [0, 0.1) is 6.92 Å². The summed E-state index contributed by atoms with van der Waals surface area (Å²) in [6.45, 7) is 5.07. The maximum absolute atomic E-state index is 4.58. The minimum atomic E-state index is 0.668. The van der Waals surface area contributed by atoms with Gasteiger partial charge >= 0.3 is 0 Å². The molecule has 1 N–H and O–H groups in total. The molecule has 3 heterocycles.